The van der Waals surface area contributed by atoms with Crippen LogP contribution in [0, 0.1) is 0 Å². The van der Waals surface area contributed by atoms with Gasteiger partial charge in [-0.2, -0.15) is 13.2 Å². The number of benzene rings is 1. The molecule has 22 heavy (non-hydrogen) atoms. The van der Waals surface area contributed by atoms with E-state index >= 15 is 0 Å². The molecule has 0 radical (unpaired) electrons. The van der Waals surface area contributed by atoms with E-state index in [-0.39, 0.29) is 6.92 Å². The molecule has 1 aromatic rings. The van der Waals surface area contributed by atoms with Crippen LogP contribution in [0.4, 0.5) is 18.9 Å². The van der Waals surface area contributed by atoms with Gasteiger partial charge in [-0.1, -0.05) is 33.1 Å². The first-order chi connectivity index (χ1) is 10.2. The number of nitrogens with one attached hydrogen (secondary N) is 1. The summed E-state index contributed by atoms with van der Waals surface area (Å²) in [5, 5.41) is 0. The molecule has 1 aromatic carbocycles. The lowest BCUT2D eigenvalue weighted by Gasteiger charge is -1.98. The topological polar surface area (TPSA) is 72.2 Å². The van der Waals surface area contributed by atoms with Gasteiger partial charge in [0.2, 0.25) is 6.41 Å². The van der Waals surface area contributed by atoms with Crippen molar-refractivity contribution in [2.45, 2.75) is 51.1 Å². The smallest absolute Gasteiger partial charge is 0.386 e. The Balaban J connectivity index is 0. The standard InChI is InChI=1S/C7H8N2O2S.C3H6.C2H3F3.C2H6/c8-6-1-3-7(4-2-6)12(11)9-5-10;1-2-3-1;1-2(3,4)5;1-2/h1-5H,8H2,(H,9,10);1-3H2;1H3;1-2H3. The minimum absolute atomic E-state index is 0.188. The molecule has 1 unspecified atom stereocenters. The number of carbonyl (C=O) groups is 1. The summed E-state index contributed by atoms with van der Waals surface area (Å²) >= 11 is 0. The van der Waals surface area contributed by atoms with E-state index in [1.54, 1.807) is 24.3 Å². The number of amides is 1. The number of carbonyl (C=O) groups excluding carboxylic acids is 1. The van der Waals surface area contributed by atoms with Gasteiger partial charge in [0.25, 0.3) is 0 Å². The Morgan fingerprint density at radius 3 is 1.77 bits per heavy atom. The van der Waals surface area contributed by atoms with E-state index in [2.05, 4.69) is 4.72 Å². The maximum atomic E-state index is 11.1. The largest absolute Gasteiger partial charge is 0.399 e. The van der Waals surface area contributed by atoms with E-state index in [4.69, 9.17) is 5.73 Å². The molecule has 3 N–H and O–H groups in total. The summed E-state index contributed by atoms with van der Waals surface area (Å²) in [6, 6.07) is 6.45. The molecule has 0 saturated heterocycles. The third kappa shape index (κ3) is 20.7. The highest BCUT2D eigenvalue weighted by atomic mass is 32.2. The van der Waals surface area contributed by atoms with Gasteiger partial charge in [-0.25, -0.2) is 4.21 Å². The van der Waals surface area contributed by atoms with Crippen LogP contribution >= 0.6 is 0 Å². The summed E-state index contributed by atoms with van der Waals surface area (Å²) in [4.78, 5) is 10.5. The molecule has 2 rings (SSSR count). The molecule has 0 bridgehead atoms. The summed E-state index contributed by atoms with van der Waals surface area (Å²) in [6.07, 6.45) is 0.895. The Hall–Kier alpha value is -1.57. The molecule has 1 atom stereocenters. The van der Waals surface area contributed by atoms with E-state index in [1.807, 2.05) is 13.8 Å². The highest BCUT2D eigenvalue weighted by Crippen LogP contribution is 2.14. The van der Waals surface area contributed by atoms with Crippen molar-refractivity contribution in [2.24, 2.45) is 0 Å². The van der Waals surface area contributed by atoms with Gasteiger partial charge in [0.15, 0.2) is 11.0 Å². The van der Waals surface area contributed by atoms with Crippen LogP contribution in [0.25, 0.3) is 0 Å². The van der Waals surface area contributed by atoms with Crippen LogP contribution < -0.4 is 10.5 Å². The second-order valence-electron chi connectivity index (χ2n) is 3.92. The number of hydrogen-bond acceptors (Lipinski definition) is 3. The van der Waals surface area contributed by atoms with Gasteiger partial charge < -0.3 is 5.73 Å². The fourth-order valence-electron chi connectivity index (χ4n) is 0.703. The predicted octanol–water partition coefficient (Wildman–Crippen LogP) is 3.80. The van der Waals surface area contributed by atoms with Crippen LogP contribution in [0.2, 0.25) is 0 Å². The highest BCUT2D eigenvalue weighted by molar-refractivity contribution is 7.83. The van der Waals surface area contributed by atoms with E-state index in [0.29, 0.717) is 17.0 Å². The van der Waals surface area contributed by atoms with Crippen LogP contribution in [0.15, 0.2) is 29.2 Å². The number of nitrogen functional groups attached to an aromatic ring is 1. The van der Waals surface area contributed by atoms with Crippen molar-refractivity contribution in [1.82, 2.24) is 4.72 Å². The average Bonchev–Trinajstić information content (AvgIpc) is 3.28. The number of halogens is 3. The highest BCUT2D eigenvalue weighted by Gasteiger charge is 2.15. The Morgan fingerprint density at radius 1 is 1.14 bits per heavy atom. The van der Waals surface area contributed by atoms with Crippen LogP contribution in [0.5, 0.6) is 0 Å². The normalized spacial score (nSPS) is 12.8. The summed E-state index contributed by atoms with van der Waals surface area (Å²) in [5.74, 6) is 0. The van der Waals surface area contributed by atoms with Crippen molar-refractivity contribution in [1.29, 1.82) is 0 Å². The molecule has 0 heterocycles. The lowest BCUT2D eigenvalue weighted by molar-refractivity contribution is -0.110. The van der Waals surface area contributed by atoms with E-state index < -0.39 is 17.2 Å². The van der Waals surface area contributed by atoms with Gasteiger partial charge in [-0.3, -0.25) is 9.52 Å². The van der Waals surface area contributed by atoms with Crippen LogP contribution in [0.3, 0.4) is 0 Å². The third-order valence-electron chi connectivity index (χ3n) is 1.60. The molecule has 0 spiro atoms. The minimum Gasteiger partial charge on any atom is -0.399 e. The zero-order valence-corrected chi connectivity index (χ0v) is 13.8. The van der Waals surface area contributed by atoms with Crippen molar-refractivity contribution < 1.29 is 22.2 Å². The molecular formula is C14H23F3N2O2S. The monoisotopic (exact) mass is 340 g/mol. The van der Waals surface area contributed by atoms with Gasteiger partial charge >= 0.3 is 6.18 Å². The average molecular weight is 340 g/mol. The zero-order chi connectivity index (χ0) is 17.6. The minimum atomic E-state index is -4.00. The molecule has 1 fully saturated rings. The number of alkyl halides is 3. The maximum Gasteiger partial charge on any atom is 0.386 e. The van der Waals surface area contributed by atoms with Gasteiger partial charge in [0.05, 0.1) is 4.90 Å². The van der Waals surface area contributed by atoms with Crippen LogP contribution in [-0.2, 0) is 15.8 Å². The first-order valence-electron chi connectivity index (χ1n) is 6.78. The lowest BCUT2D eigenvalue weighted by Crippen LogP contribution is -2.14. The zero-order valence-electron chi connectivity index (χ0n) is 12.9. The summed E-state index contributed by atoms with van der Waals surface area (Å²) < 4.78 is 44.3. The molecule has 8 heteroatoms. The van der Waals surface area contributed by atoms with Crippen molar-refractivity contribution in [3.05, 3.63) is 24.3 Å². The van der Waals surface area contributed by atoms with Crippen molar-refractivity contribution in [3.63, 3.8) is 0 Å². The molecule has 1 aliphatic carbocycles. The first-order valence-corrected chi connectivity index (χ1v) is 7.93. The Morgan fingerprint density at radius 2 is 1.50 bits per heavy atom. The molecule has 0 aromatic heterocycles. The summed E-state index contributed by atoms with van der Waals surface area (Å²) in [6.45, 7) is 4.19. The third-order valence-corrected chi connectivity index (χ3v) is 2.61. The lowest BCUT2D eigenvalue weighted by atomic mass is 10.3. The van der Waals surface area contributed by atoms with Crippen LogP contribution in [-0.4, -0.2) is 16.8 Å². The fraction of sp³-hybridized carbons (Fsp3) is 0.500. The molecule has 0 aliphatic heterocycles. The summed E-state index contributed by atoms with van der Waals surface area (Å²) in [5.41, 5.74) is 6.01. The number of anilines is 1. The maximum absolute atomic E-state index is 11.1. The Bertz CT molecular complexity index is 412. The Labute approximate surface area is 131 Å². The summed E-state index contributed by atoms with van der Waals surface area (Å²) in [7, 11) is -1.47. The van der Waals surface area contributed by atoms with Crippen molar-refractivity contribution in [2.75, 3.05) is 5.73 Å². The van der Waals surface area contributed by atoms with E-state index in [0.717, 1.165) is 0 Å². The second-order valence-corrected chi connectivity index (χ2v) is 5.16. The van der Waals surface area contributed by atoms with Gasteiger partial charge in [0.1, 0.15) is 0 Å². The van der Waals surface area contributed by atoms with Gasteiger partial charge in [-0.15, -0.1) is 0 Å². The van der Waals surface area contributed by atoms with E-state index in [1.165, 1.54) is 19.3 Å². The van der Waals surface area contributed by atoms with Gasteiger partial charge in [-0.05, 0) is 24.3 Å². The van der Waals surface area contributed by atoms with Crippen molar-refractivity contribution in [3.8, 4) is 0 Å². The SMILES string of the molecule is C1CC1.CC.CC(F)(F)F.Nc1ccc(S(=O)NC=O)cc1. The fourth-order valence-corrected chi connectivity index (χ4v) is 1.31. The van der Waals surface area contributed by atoms with Crippen molar-refractivity contribution >= 4 is 23.1 Å². The first kappa shape index (κ1) is 22.7. The van der Waals surface area contributed by atoms with Crippen LogP contribution in [0.1, 0.15) is 40.0 Å². The Kier molecular flexibility index (Phi) is 13.5. The van der Waals surface area contributed by atoms with Gasteiger partial charge in [0, 0.05) is 12.6 Å². The molecule has 128 valence electrons. The van der Waals surface area contributed by atoms with E-state index in [9.17, 15) is 22.2 Å². The number of rotatable bonds is 3. The molecule has 1 amide bonds. The molecule has 1 aliphatic rings. The quantitative estimate of drug-likeness (QED) is 0.649. The molecule has 4 nitrogen and oxygen atoms in total. The number of hydrogen-bond donors (Lipinski definition) is 2. The predicted molar refractivity (Wildman–Crippen MR) is 83.4 cm³/mol. The molecule has 1 saturated carbocycles. The molecular weight excluding hydrogens is 317 g/mol. The second kappa shape index (κ2) is 13.1. The number of nitrogens with two attached hydrogens (primary N) is 1.